The summed E-state index contributed by atoms with van der Waals surface area (Å²) in [6.07, 6.45) is -2.73. The molecule has 2 amide bonds. The molecule has 2 aliphatic heterocycles. The van der Waals surface area contributed by atoms with Crippen LogP contribution in [-0.2, 0) is 25.7 Å². The van der Waals surface area contributed by atoms with Gasteiger partial charge in [-0.2, -0.15) is 0 Å². The number of hydrogen-bond donors (Lipinski definition) is 5. The number of imide groups is 1. The second kappa shape index (κ2) is 9.40. The Labute approximate surface area is 160 Å². The number of aliphatic hydroxyl groups excluding tert-OH is 2. The zero-order chi connectivity index (χ0) is 20.8. The molecule has 28 heavy (non-hydrogen) atoms. The zero-order valence-corrected chi connectivity index (χ0v) is 14.9. The molecule has 1 aromatic carbocycles. The van der Waals surface area contributed by atoms with Crippen LogP contribution in [0.3, 0.4) is 0 Å². The van der Waals surface area contributed by atoms with Crippen molar-refractivity contribution in [3.05, 3.63) is 35.9 Å². The molecular formula is C18H22N2O8. The van der Waals surface area contributed by atoms with Gasteiger partial charge in [0, 0.05) is 0 Å². The average molecular weight is 394 g/mol. The van der Waals surface area contributed by atoms with Crippen molar-refractivity contribution in [1.29, 1.82) is 0 Å². The van der Waals surface area contributed by atoms with Crippen LogP contribution in [0.2, 0.25) is 0 Å². The van der Waals surface area contributed by atoms with Crippen LogP contribution in [0.4, 0.5) is 0 Å². The molecule has 0 radical (unpaired) electrons. The Hall–Kier alpha value is -2.82. The van der Waals surface area contributed by atoms with Crippen LogP contribution in [-0.4, -0.2) is 73.9 Å². The van der Waals surface area contributed by atoms with Crippen molar-refractivity contribution in [3.8, 4) is 0 Å². The van der Waals surface area contributed by atoms with Crippen LogP contribution in [0.25, 0.3) is 0 Å². The lowest BCUT2D eigenvalue weighted by Crippen LogP contribution is -2.44. The summed E-state index contributed by atoms with van der Waals surface area (Å²) in [7, 11) is 0. The van der Waals surface area contributed by atoms with E-state index in [0.717, 1.165) is 24.9 Å². The summed E-state index contributed by atoms with van der Waals surface area (Å²) in [6.45, 7) is 1.23. The van der Waals surface area contributed by atoms with Crippen LogP contribution in [0.1, 0.15) is 18.4 Å². The Morgan fingerprint density at radius 3 is 2.11 bits per heavy atom. The maximum atomic E-state index is 12.2. The Balaban J connectivity index is 0.000000242. The van der Waals surface area contributed by atoms with Crippen LogP contribution in [0.5, 0.6) is 0 Å². The molecule has 5 N–H and O–H groups in total. The maximum Gasteiger partial charge on any atom is 0.335 e. The highest BCUT2D eigenvalue weighted by Gasteiger charge is 2.48. The Morgan fingerprint density at radius 1 is 1.04 bits per heavy atom. The van der Waals surface area contributed by atoms with Gasteiger partial charge in [-0.05, 0) is 24.9 Å². The van der Waals surface area contributed by atoms with Crippen molar-refractivity contribution in [2.45, 2.75) is 37.6 Å². The smallest absolute Gasteiger partial charge is 0.335 e. The lowest BCUT2D eigenvalue weighted by Gasteiger charge is -2.21. The van der Waals surface area contributed by atoms with E-state index in [1.54, 1.807) is 0 Å². The molecular weight excluding hydrogens is 372 g/mol. The minimum atomic E-state index is -2.27. The number of carboxylic acids is 2. The summed E-state index contributed by atoms with van der Waals surface area (Å²) in [5.74, 6) is -3.76. The topological polar surface area (TPSA) is 164 Å². The van der Waals surface area contributed by atoms with E-state index in [1.807, 2.05) is 30.3 Å². The van der Waals surface area contributed by atoms with Gasteiger partial charge in [0.05, 0.1) is 18.5 Å². The van der Waals surface area contributed by atoms with E-state index in [-0.39, 0.29) is 23.8 Å². The number of carbonyl (C=O) groups is 4. The normalized spacial score (nSPS) is 23.3. The number of carbonyl (C=O) groups excluding carboxylic acids is 2. The van der Waals surface area contributed by atoms with Gasteiger partial charge in [0.1, 0.15) is 0 Å². The second-order valence-electron chi connectivity index (χ2n) is 6.49. The van der Waals surface area contributed by atoms with Crippen molar-refractivity contribution >= 4 is 23.8 Å². The number of aliphatic carboxylic acids is 2. The van der Waals surface area contributed by atoms with Gasteiger partial charge in [0.15, 0.2) is 12.2 Å². The molecule has 0 bridgehead atoms. The third kappa shape index (κ3) is 4.91. The summed E-state index contributed by atoms with van der Waals surface area (Å²) < 4.78 is 0. The Morgan fingerprint density at radius 2 is 1.61 bits per heavy atom. The molecule has 10 heteroatoms. The van der Waals surface area contributed by atoms with Crippen molar-refractivity contribution in [3.63, 3.8) is 0 Å². The van der Waals surface area contributed by atoms with Crippen LogP contribution < -0.4 is 5.32 Å². The maximum absolute atomic E-state index is 12.2. The number of aliphatic hydroxyl groups is 2. The van der Waals surface area contributed by atoms with Crippen LogP contribution in [0.15, 0.2) is 30.3 Å². The number of amides is 2. The van der Waals surface area contributed by atoms with E-state index in [2.05, 4.69) is 5.32 Å². The average Bonchev–Trinajstić information content (AvgIpc) is 2.93. The lowest BCUT2D eigenvalue weighted by atomic mass is 9.93. The largest absolute Gasteiger partial charge is 0.479 e. The van der Waals surface area contributed by atoms with Gasteiger partial charge in [-0.1, -0.05) is 30.3 Å². The number of nitrogens with zero attached hydrogens (tertiary/aromatic N) is 1. The predicted molar refractivity (Wildman–Crippen MR) is 93.8 cm³/mol. The first-order valence-electron chi connectivity index (χ1n) is 8.68. The standard InChI is InChI=1S/C14H16N2O2.C4H6O6/c17-13-11-7-4-8-15-12(11)14(18)16(13)9-10-5-2-1-3-6-10;5-1(3(7)8)2(6)4(9)10/h1-3,5-6,11-12,15H,4,7-9H2;1-2,5-6H,(H,7,8)(H,9,10)/t11-,12+;1-,2-/m01/s1. The van der Waals surface area contributed by atoms with E-state index < -0.39 is 24.1 Å². The molecule has 0 aliphatic carbocycles. The first-order chi connectivity index (χ1) is 13.2. The number of fused-ring (bicyclic) bond motifs is 1. The van der Waals surface area contributed by atoms with Gasteiger partial charge in [-0.3, -0.25) is 14.5 Å². The van der Waals surface area contributed by atoms with Gasteiger partial charge >= 0.3 is 11.9 Å². The summed E-state index contributed by atoms with van der Waals surface area (Å²) in [6, 6.07) is 9.37. The summed E-state index contributed by atoms with van der Waals surface area (Å²) >= 11 is 0. The summed E-state index contributed by atoms with van der Waals surface area (Å²) in [4.78, 5) is 45.4. The van der Waals surface area contributed by atoms with E-state index in [1.165, 1.54) is 4.90 Å². The first kappa shape index (κ1) is 21.5. The minimum Gasteiger partial charge on any atom is -0.479 e. The molecule has 2 aliphatic rings. The van der Waals surface area contributed by atoms with Gasteiger partial charge in [0.2, 0.25) is 11.8 Å². The second-order valence-corrected chi connectivity index (χ2v) is 6.49. The van der Waals surface area contributed by atoms with Gasteiger partial charge in [-0.25, -0.2) is 9.59 Å². The highest BCUT2D eigenvalue weighted by atomic mass is 16.4. The lowest BCUT2D eigenvalue weighted by molar-refractivity contribution is -0.165. The van der Waals surface area contributed by atoms with Crippen molar-refractivity contribution < 1.29 is 39.6 Å². The Kier molecular flexibility index (Phi) is 7.21. The molecule has 2 heterocycles. The number of carboxylic acid groups (broad SMARTS) is 2. The minimum absolute atomic E-state index is 0.0129. The molecule has 152 valence electrons. The Bertz CT molecular complexity index is 696. The molecule has 10 nitrogen and oxygen atoms in total. The molecule has 2 fully saturated rings. The van der Waals surface area contributed by atoms with Crippen LogP contribution >= 0.6 is 0 Å². The molecule has 4 atom stereocenters. The summed E-state index contributed by atoms with van der Waals surface area (Å²) in [5, 5.41) is 35.7. The van der Waals surface area contributed by atoms with E-state index in [0.29, 0.717) is 6.54 Å². The molecule has 1 aromatic rings. The SMILES string of the molecule is O=C(O)[C@H](O)[C@@H](O)C(=O)O.O=C1[C@H]2CCCN[C@H]2C(=O)N1Cc1ccccc1. The van der Waals surface area contributed by atoms with Crippen molar-refractivity contribution in [1.82, 2.24) is 10.2 Å². The molecule has 3 rings (SSSR count). The number of nitrogens with one attached hydrogen (secondary N) is 1. The van der Waals surface area contributed by atoms with Crippen molar-refractivity contribution in [2.75, 3.05) is 6.54 Å². The number of piperidine rings is 1. The monoisotopic (exact) mass is 394 g/mol. The fourth-order valence-corrected chi connectivity index (χ4v) is 3.08. The number of likely N-dealkylation sites (tertiary alicyclic amines) is 1. The third-order valence-corrected chi connectivity index (χ3v) is 4.56. The number of hydrogen-bond acceptors (Lipinski definition) is 7. The number of rotatable bonds is 5. The zero-order valence-electron chi connectivity index (χ0n) is 14.9. The quantitative estimate of drug-likeness (QED) is 0.386. The highest BCUT2D eigenvalue weighted by molar-refractivity contribution is 6.07. The third-order valence-electron chi connectivity index (χ3n) is 4.56. The van der Waals surface area contributed by atoms with Gasteiger partial charge in [0.25, 0.3) is 0 Å². The molecule has 2 saturated heterocycles. The van der Waals surface area contributed by atoms with Gasteiger partial charge in [-0.15, -0.1) is 0 Å². The first-order valence-corrected chi connectivity index (χ1v) is 8.68. The van der Waals surface area contributed by atoms with E-state index in [4.69, 9.17) is 20.4 Å². The van der Waals surface area contributed by atoms with E-state index in [9.17, 15) is 19.2 Å². The predicted octanol–water partition coefficient (Wildman–Crippen LogP) is -1.20. The fourth-order valence-electron chi connectivity index (χ4n) is 3.08. The molecule has 0 aromatic heterocycles. The highest BCUT2D eigenvalue weighted by Crippen LogP contribution is 2.28. The molecule has 0 spiro atoms. The molecule has 0 saturated carbocycles. The fraction of sp³-hybridized carbons (Fsp3) is 0.444. The number of benzene rings is 1. The molecule has 0 unspecified atom stereocenters. The summed E-state index contributed by atoms with van der Waals surface area (Å²) in [5.41, 5.74) is 0.998. The van der Waals surface area contributed by atoms with Crippen LogP contribution in [0, 0.1) is 5.92 Å². The van der Waals surface area contributed by atoms with E-state index >= 15 is 0 Å². The van der Waals surface area contributed by atoms with Gasteiger partial charge < -0.3 is 25.7 Å². The van der Waals surface area contributed by atoms with Crippen molar-refractivity contribution in [2.24, 2.45) is 5.92 Å².